The Bertz CT molecular complexity index is 1090. The van der Waals surface area contributed by atoms with Gasteiger partial charge < -0.3 is 14.5 Å². The third kappa shape index (κ3) is 4.49. The normalized spacial score (nSPS) is 14.6. The van der Waals surface area contributed by atoms with Gasteiger partial charge in [0.05, 0.1) is 0 Å². The van der Waals surface area contributed by atoms with Crippen LogP contribution >= 0.6 is 0 Å². The number of amides is 2. The van der Waals surface area contributed by atoms with E-state index >= 15 is 0 Å². The molecule has 5 heteroatoms. The van der Waals surface area contributed by atoms with E-state index in [0.717, 1.165) is 31.5 Å². The van der Waals surface area contributed by atoms with Crippen molar-refractivity contribution in [2.75, 3.05) is 26.2 Å². The van der Waals surface area contributed by atoms with E-state index in [0.29, 0.717) is 6.54 Å². The second-order valence-electron chi connectivity index (χ2n) is 8.73. The Morgan fingerprint density at radius 3 is 2.03 bits per heavy atom. The van der Waals surface area contributed by atoms with Gasteiger partial charge in [0, 0.05) is 25.6 Å². The summed E-state index contributed by atoms with van der Waals surface area (Å²) >= 11 is 0. The molecular weight excluding hydrogens is 412 g/mol. The first-order valence-corrected chi connectivity index (χ1v) is 11.6. The van der Waals surface area contributed by atoms with Crippen molar-refractivity contribution < 1.29 is 14.3 Å². The highest BCUT2D eigenvalue weighted by atomic mass is 16.5. The average molecular weight is 441 g/mol. The Morgan fingerprint density at radius 1 is 0.818 bits per heavy atom. The molecule has 33 heavy (non-hydrogen) atoms. The third-order valence-corrected chi connectivity index (χ3v) is 6.56. The number of benzene rings is 3. The number of esters is 1. The van der Waals surface area contributed by atoms with Gasteiger partial charge in [-0.25, -0.2) is 4.79 Å². The summed E-state index contributed by atoms with van der Waals surface area (Å²) in [4.78, 5) is 29.5. The van der Waals surface area contributed by atoms with E-state index in [-0.39, 0.29) is 31.1 Å². The highest BCUT2D eigenvalue weighted by Crippen LogP contribution is 2.44. The molecule has 0 unspecified atom stereocenters. The standard InChI is InChI=1S/C28H28N2O3/c31-27(19-30(18-21-10-2-1-3-11-21)28(32)29-16-8-9-17-29)33-20-26-24-14-6-4-12-22(24)23-13-5-7-15-25(23)26/h1-7,10-15,26H,8-9,16-20H2. The molecule has 0 saturated carbocycles. The van der Waals surface area contributed by atoms with Crippen LogP contribution in [0.1, 0.15) is 35.4 Å². The van der Waals surface area contributed by atoms with Gasteiger partial charge in [-0.1, -0.05) is 78.9 Å². The molecule has 1 aliphatic heterocycles. The van der Waals surface area contributed by atoms with Crippen LogP contribution in [0, 0.1) is 0 Å². The lowest BCUT2D eigenvalue weighted by Crippen LogP contribution is -2.44. The van der Waals surface area contributed by atoms with Crippen LogP contribution < -0.4 is 0 Å². The smallest absolute Gasteiger partial charge is 0.325 e. The van der Waals surface area contributed by atoms with Crippen molar-refractivity contribution in [3.05, 3.63) is 95.6 Å². The molecule has 3 aromatic rings. The third-order valence-electron chi connectivity index (χ3n) is 6.56. The molecule has 1 aliphatic carbocycles. The van der Waals surface area contributed by atoms with Gasteiger partial charge in [-0.05, 0) is 40.7 Å². The van der Waals surface area contributed by atoms with E-state index in [9.17, 15) is 9.59 Å². The zero-order chi connectivity index (χ0) is 22.6. The number of nitrogens with zero attached hydrogens (tertiary/aromatic N) is 2. The molecule has 0 N–H and O–H groups in total. The Labute approximate surface area is 194 Å². The van der Waals surface area contributed by atoms with E-state index in [1.54, 1.807) is 4.90 Å². The quantitative estimate of drug-likeness (QED) is 0.504. The maximum atomic E-state index is 13.1. The van der Waals surface area contributed by atoms with Crippen LogP contribution in [0.4, 0.5) is 4.79 Å². The molecule has 2 amide bonds. The molecule has 0 aromatic heterocycles. The molecule has 0 spiro atoms. The summed E-state index contributed by atoms with van der Waals surface area (Å²) in [5.74, 6) is -0.362. The van der Waals surface area contributed by atoms with E-state index in [2.05, 4.69) is 24.3 Å². The predicted molar refractivity (Wildman–Crippen MR) is 128 cm³/mol. The molecule has 5 nitrogen and oxygen atoms in total. The van der Waals surface area contributed by atoms with Crippen molar-refractivity contribution in [3.8, 4) is 11.1 Å². The Hall–Kier alpha value is -3.60. The summed E-state index contributed by atoms with van der Waals surface area (Å²) in [6, 6.07) is 26.3. The molecule has 1 fully saturated rings. The molecule has 5 rings (SSSR count). The SMILES string of the molecule is O=C(CN(Cc1ccccc1)C(=O)N1CCCC1)OCC1c2ccccc2-c2ccccc21. The lowest BCUT2D eigenvalue weighted by atomic mass is 9.98. The molecular formula is C28H28N2O3. The lowest BCUT2D eigenvalue weighted by molar-refractivity contribution is -0.144. The summed E-state index contributed by atoms with van der Waals surface area (Å²) in [7, 11) is 0. The van der Waals surface area contributed by atoms with Gasteiger partial charge in [0.25, 0.3) is 0 Å². The van der Waals surface area contributed by atoms with E-state index < -0.39 is 0 Å². The fourth-order valence-corrected chi connectivity index (χ4v) is 4.92. The van der Waals surface area contributed by atoms with E-state index in [4.69, 9.17) is 4.74 Å². The fraction of sp³-hybridized carbons (Fsp3) is 0.286. The number of carbonyl (C=O) groups excluding carboxylic acids is 2. The minimum atomic E-state index is -0.375. The number of ether oxygens (including phenoxy) is 1. The molecule has 0 radical (unpaired) electrons. The van der Waals surface area contributed by atoms with Crippen LogP contribution in [-0.4, -0.2) is 48.0 Å². The second kappa shape index (κ2) is 9.49. The van der Waals surface area contributed by atoms with Gasteiger partial charge >= 0.3 is 12.0 Å². The number of urea groups is 1. The van der Waals surface area contributed by atoms with Crippen molar-refractivity contribution in [1.82, 2.24) is 9.80 Å². The van der Waals surface area contributed by atoms with E-state index in [1.165, 1.54) is 22.3 Å². The summed E-state index contributed by atoms with van der Waals surface area (Å²) in [6.07, 6.45) is 2.02. The molecule has 1 heterocycles. The van der Waals surface area contributed by atoms with Crippen molar-refractivity contribution >= 4 is 12.0 Å². The maximum absolute atomic E-state index is 13.1. The Kier molecular flexibility index (Phi) is 6.11. The molecule has 1 saturated heterocycles. The van der Waals surface area contributed by atoms with E-state index in [1.807, 2.05) is 59.5 Å². The summed E-state index contributed by atoms with van der Waals surface area (Å²) in [6.45, 7) is 2.09. The maximum Gasteiger partial charge on any atom is 0.325 e. The molecule has 2 aliphatic rings. The van der Waals surface area contributed by atoms with Gasteiger partial charge in [-0.3, -0.25) is 4.79 Å². The van der Waals surface area contributed by atoms with Crippen LogP contribution in [0.2, 0.25) is 0 Å². The molecule has 3 aromatic carbocycles. The first-order chi connectivity index (χ1) is 16.2. The minimum absolute atomic E-state index is 0.0122. The second-order valence-corrected chi connectivity index (χ2v) is 8.73. The Balaban J connectivity index is 1.28. The zero-order valence-corrected chi connectivity index (χ0v) is 18.7. The van der Waals surface area contributed by atoms with Crippen LogP contribution in [-0.2, 0) is 16.1 Å². The molecule has 0 atom stereocenters. The monoisotopic (exact) mass is 440 g/mol. The van der Waals surface area contributed by atoms with Crippen LogP contribution in [0.25, 0.3) is 11.1 Å². The van der Waals surface area contributed by atoms with Crippen molar-refractivity contribution in [1.29, 1.82) is 0 Å². The number of fused-ring (bicyclic) bond motifs is 3. The minimum Gasteiger partial charge on any atom is -0.463 e. The Morgan fingerprint density at radius 2 is 1.39 bits per heavy atom. The van der Waals surface area contributed by atoms with Gasteiger partial charge in [0.1, 0.15) is 13.2 Å². The largest absolute Gasteiger partial charge is 0.463 e. The zero-order valence-electron chi connectivity index (χ0n) is 18.7. The van der Waals surface area contributed by atoms with Gasteiger partial charge in [-0.15, -0.1) is 0 Å². The van der Waals surface area contributed by atoms with Gasteiger partial charge in [-0.2, -0.15) is 0 Å². The lowest BCUT2D eigenvalue weighted by Gasteiger charge is -2.27. The predicted octanol–water partition coefficient (Wildman–Crippen LogP) is 5.06. The van der Waals surface area contributed by atoms with Crippen LogP contribution in [0.3, 0.4) is 0 Å². The fourth-order valence-electron chi connectivity index (χ4n) is 4.92. The van der Waals surface area contributed by atoms with Crippen molar-refractivity contribution in [2.45, 2.75) is 25.3 Å². The topological polar surface area (TPSA) is 49.9 Å². The summed E-state index contributed by atoms with van der Waals surface area (Å²) in [5.41, 5.74) is 5.76. The van der Waals surface area contributed by atoms with Crippen LogP contribution in [0.5, 0.6) is 0 Å². The summed E-state index contributed by atoms with van der Waals surface area (Å²) < 4.78 is 5.77. The number of carbonyl (C=O) groups is 2. The highest BCUT2D eigenvalue weighted by Gasteiger charge is 2.30. The van der Waals surface area contributed by atoms with Crippen molar-refractivity contribution in [2.24, 2.45) is 0 Å². The number of hydrogen-bond donors (Lipinski definition) is 0. The molecule has 0 bridgehead atoms. The van der Waals surface area contributed by atoms with Crippen molar-refractivity contribution in [3.63, 3.8) is 0 Å². The first-order valence-electron chi connectivity index (χ1n) is 11.6. The van der Waals surface area contributed by atoms with Gasteiger partial charge in [0.15, 0.2) is 0 Å². The number of likely N-dealkylation sites (tertiary alicyclic amines) is 1. The number of rotatable bonds is 6. The molecule has 168 valence electrons. The first kappa shape index (κ1) is 21.3. The van der Waals surface area contributed by atoms with Crippen LogP contribution in [0.15, 0.2) is 78.9 Å². The van der Waals surface area contributed by atoms with Gasteiger partial charge in [0.2, 0.25) is 0 Å². The highest BCUT2D eigenvalue weighted by molar-refractivity contribution is 5.82. The summed E-state index contributed by atoms with van der Waals surface area (Å²) in [5, 5.41) is 0. The average Bonchev–Trinajstić information content (AvgIpc) is 3.50. The number of hydrogen-bond acceptors (Lipinski definition) is 3.